The van der Waals surface area contributed by atoms with Gasteiger partial charge in [0.15, 0.2) is 0 Å². The van der Waals surface area contributed by atoms with Gasteiger partial charge in [-0.15, -0.1) is 0 Å². The van der Waals surface area contributed by atoms with E-state index >= 15 is 0 Å². The van der Waals surface area contributed by atoms with E-state index in [2.05, 4.69) is 40.3 Å². The third-order valence-corrected chi connectivity index (χ3v) is 3.93. The molecule has 100 valence electrons. The van der Waals surface area contributed by atoms with E-state index in [-0.39, 0.29) is 0 Å². The molecule has 0 amide bonds. The van der Waals surface area contributed by atoms with Crippen LogP contribution in [0.4, 0.5) is 5.82 Å². The first kappa shape index (κ1) is 12.9. The van der Waals surface area contributed by atoms with Crippen molar-refractivity contribution in [1.29, 1.82) is 0 Å². The summed E-state index contributed by atoms with van der Waals surface area (Å²) >= 11 is 3.52. The molecule has 0 aliphatic heterocycles. The maximum atomic E-state index is 4.73. The van der Waals surface area contributed by atoms with Crippen LogP contribution in [-0.2, 0) is 0 Å². The van der Waals surface area contributed by atoms with Crippen molar-refractivity contribution in [1.82, 2.24) is 9.97 Å². The maximum absolute atomic E-state index is 4.73. The number of fused-ring (bicyclic) bond motifs is 1. The Balaban J connectivity index is 2.01. The highest BCUT2D eigenvalue weighted by molar-refractivity contribution is 9.10. The molecule has 1 N–H and O–H groups in total. The number of hydrogen-bond donors (Lipinski definition) is 1. The second-order valence-corrected chi connectivity index (χ2v) is 6.06. The van der Waals surface area contributed by atoms with Gasteiger partial charge < -0.3 is 5.32 Å². The van der Waals surface area contributed by atoms with Gasteiger partial charge in [0.1, 0.15) is 11.6 Å². The largest absolute Gasteiger partial charge is 0.369 e. The smallest absolute Gasteiger partial charge is 0.137 e. The van der Waals surface area contributed by atoms with Gasteiger partial charge in [-0.05, 0) is 37.5 Å². The standard InChI is InChI=1S/C15H18BrN3/c1-2-3-8-17-15-12-9-11(16)6-7-13(12)18-14(19-15)10-4-5-10/h6-7,9-10H,2-5,8H2,1H3,(H,17,18,19). The van der Waals surface area contributed by atoms with Gasteiger partial charge in [-0.2, -0.15) is 0 Å². The summed E-state index contributed by atoms with van der Waals surface area (Å²) in [5.74, 6) is 2.58. The van der Waals surface area contributed by atoms with E-state index in [0.29, 0.717) is 5.92 Å². The fourth-order valence-electron chi connectivity index (χ4n) is 2.16. The van der Waals surface area contributed by atoms with Gasteiger partial charge in [-0.3, -0.25) is 0 Å². The number of nitrogens with one attached hydrogen (secondary N) is 1. The molecule has 3 nitrogen and oxygen atoms in total. The van der Waals surface area contributed by atoms with Crippen molar-refractivity contribution >= 4 is 32.7 Å². The number of hydrogen-bond acceptors (Lipinski definition) is 3. The van der Waals surface area contributed by atoms with Crippen LogP contribution in [0.5, 0.6) is 0 Å². The third-order valence-electron chi connectivity index (χ3n) is 3.44. The molecular weight excluding hydrogens is 302 g/mol. The number of rotatable bonds is 5. The molecule has 0 saturated heterocycles. The highest BCUT2D eigenvalue weighted by Crippen LogP contribution is 2.39. The van der Waals surface area contributed by atoms with Crippen LogP contribution >= 0.6 is 15.9 Å². The van der Waals surface area contributed by atoms with Crippen LogP contribution < -0.4 is 5.32 Å². The molecule has 1 aromatic heterocycles. The minimum Gasteiger partial charge on any atom is -0.369 e. The normalized spacial score (nSPS) is 14.8. The summed E-state index contributed by atoms with van der Waals surface area (Å²) < 4.78 is 1.07. The molecule has 0 bridgehead atoms. The molecule has 1 aromatic carbocycles. The molecule has 1 saturated carbocycles. The van der Waals surface area contributed by atoms with Gasteiger partial charge in [0, 0.05) is 22.3 Å². The highest BCUT2D eigenvalue weighted by Gasteiger charge is 2.27. The zero-order valence-corrected chi connectivity index (χ0v) is 12.7. The van der Waals surface area contributed by atoms with Gasteiger partial charge in [0.05, 0.1) is 5.52 Å². The van der Waals surface area contributed by atoms with Crippen molar-refractivity contribution < 1.29 is 0 Å². The maximum Gasteiger partial charge on any atom is 0.137 e. The van der Waals surface area contributed by atoms with E-state index < -0.39 is 0 Å². The predicted octanol–water partition coefficient (Wildman–Crippen LogP) is 4.48. The highest BCUT2D eigenvalue weighted by atomic mass is 79.9. The first-order valence-corrected chi connectivity index (χ1v) is 7.78. The molecule has 1 heterocycles. The lowest BCUT2D eigenvalue weighted by molar-refractivity contribution is 0.828. The molecule has 19 heavy (non-hydrogen) atoms. The molecule has 4 heteroatoms. The molecule has 0 unspecified atom stereocenters. The van der Waals surface area contributed by atoms with E-state index in [0.717, 1.165) is 40.0 Å². The molecule has 1 aliphatic carbocycles. The second-order valence-electron chi connectivity index (χ2n) is 5.15. The van der Waals surface area contributed by atoms with E-state index in [1.54, 1.807) is 0 Å². The number of benzene rings is 1. The lowest BCUT2D eigenvalue weighted by Crippen LogP contribution is -2.06. The summed E-state index contributed by atoms with van der Waals surface area (Å²) in [6, 6.07) is 6.21. The van der Waals surface area contributed by atoms with Crippen LogP contribution in [0.1, 0.15) is 44.3 Å². The van der Waals surface area contributed by atoms with Crippen LogP contribution in [-0.4, -0.2) is 16.5 Å². The monoisotopic (exact) mass is 319 g/mol. The minimum atomic E-state index is 0.583. The van der Waals surface area contributed by atoms with Crippen LogP contribution in [0.3, 0.4) is 0 Å². The predicted molar refractivity (Wildman–Crippen MR) is 82.6 cm³/mol. The molecule has 2 aromatic rings. The Morgan fingerprint density at radius 3 is 2.89 bits per heavy atom. The Kier molecular flexibility index (Phi) is 3.69. The summed E-state index contributed by atoms with van der Waals surface area (Å²) in [4.78, 5) is 9.43. The number of anilines is 1. The molecular formula is C15H18BrN3. The van der Waals surface area contributed by atoms with E-state index in [1.165, 1.54) is 19.3 Å². The molecule has 0 atom stereocenters. The van der Waals surface area contributed by atoms with Gasteiger partial charge in [-0.25, -0.2) is 9.97 Å². The van der Waals surface area contributed by atoms with Crippen LogP contribution in [0.2, 0.25) is 0 Å². The Bertz CT molecular complexity index is 593. The summed E-state index contributed by atoms with van der Waals surface area (Å²) in [5.41, 5.74) is 1.04. The summed E-state index contributed by atoms with van der Waals surface area (Å²) in [7, 11) is 0. The lowest BCUT2D eigenvalue weighted by atomic mass is 10.2. The van der Waals surface area contributed by atoms with Crippen molar-refractivity contribution in [2.24, 2.45) is 0 Å². The van der Waals surface area contributed by atoms with Crippen LogP contribution in [0, 0.1) is 0 Å². The number of nitrogens with zero attached hydrogens (tertiary/aromatic N) is 2. The Morgan fingerprint density at radius 1 is 1.32 bits per heavy atom. The van der Waals surface area contributed by atoms with Crippen molar-refractivity contribution in [3.05, 3.63) is 28.5 Å². The molecule has 3 rings (SSSR count). The summed E-state index contributed by atoms with van der Waals surface area (Å²) in [6.45, 7) is 3.17. The Labute approximate surface area is 122 Å². The van der Waals surface area contributed by atoms with Gasteiger partial charge in [-0.1, -0.05) is 29.3 Å². The lowest BCUT2D eigenvalue weighted by Gasteiger charge is -2.10. The van der Waals surface area contributed by atoms with Gasteiger partial charge in [0.25, 0.3) is 0 Å². The first-order chi connectivity index (χ1) is 9.28. The van der Waals surface area contributed by atoms with Gasteiger partial charge in [0.2, 0.25) is 0 Å². The SMILES string of the molecule is CCCCNc1nc(C2CC2)nc2ccc(Br)cc12. The average Bonchev–Trinajstić information content (AvgIpc) is 3.23. The average molecular weight is 320 g/mol. The van der Waals surface area contributed by atoms with Crippen LogP contribution in [0.15, 0.2) is 22.7 Å². The zero-order valence-electron chi connectivity index (χ0n) is 11.1. The second kappa shape index (κ2) is 5.45. The Hall–Kier alpha value is -1.16. The van der Waals surface area contributed by atoms with Crippen molar-refractivity contribution in [2.45, 2.75) is 38.5 Å². The summed E-state index contributed by atoms with van der Waals surface area (Å²) in [6.07, 6.45) is 4.82. The number of unbranched alkanes of at least 4 members (excludes halogenated alkanes) is 1. The van der Waals surface area contributed by atoms with E-state index in [4.69, 9.17) is 9.97 Å². The van der Waals surface area contributed by atoms with E-state index in [1.807, 2.05) is 6.07 Å². The number of aromatic nitrogens is 2. The molecule has 1 aliphatic rings. The quantitative estimate of drug-likeness (QED) is 0.825. The summed E-state index contributed by atoms with van der Waals surface area (Å²) in [5, 5.41) is 4.57. The van der Waals surface area contributed by atoms with Crippen molar-refractivity contribution in [3.63, 3.8) is 0 Å². The molecule has 1 fully saturated rings. The zero-order chi connectivity index (χ0) is 13.2. The Morgan fingerprint density at radius 2 is 2.16 bits per heavy atom. The first-order valence-electron chi connectivity index (χ1n) is 6.99. The van der Waals surface area contributed by atoms with Gasteiger partial charge >= 0.3 is 0 Å². The number of halogens is 1. The fourth-order valence-corrected chi connectivity index (χ4v) is 2.52. The van der Waals surface area contributed by atoms with Crippen LogP contribution in [0.25, 0.3) is 10.9 Å². The molecule has 0 radical (unpaired) electrons. The van der Waals surface area contributed by atoms with Crippen molar-refractivity contribution in [3.8, 4) is 0 Å². The molecule has 0 spiro atoms. The van der Waals surface area contributed by atoms with E-state index in [9.17, 15) is 0 Å². The topological polar surface area (TPSA) is 37.8 Å². The third kappa shape index (κ3) is 2.89. The van der Waals surface area contributed by atoms with Crippen molar-refractivity contribution in [2.75, 3.05) is 11.9 Å². The fraction of sp³-hybridized carbons (Fsp3) is 0.467. The minimum absolute atomic E-state index is 0.583.